The fourth-order valence-electron chi connectivity index (χ4n) is 2.88. The van der Waals surface area contributed by atoms with E-state index in [0.29, 0.717) is 11.1 Å². The average Bonchev–Trinajstić information content (AvgIpc) is 3.22. The second-order valence-corrected chi connectivity index (χ2v) is 8.86. The van der Waals surface area contributed by atoms with E-state index in [1.54, 1.807) is 19.1 Å². The number of ether oxygens (including phenoxy) is 1. The normalized spacial score (nSPS) is 18.3. The summed E-state index contributed by atoms with van der Waals surface area (Å²) >= 11 is 3.39. The van der Waals surface area contributed by atoms with Crippen molar-refractivity contribution in [2.45, 2.75) is 52.4 Å². The Morgan fingerprint density at radius 1 is 1.20 bits per heavy atom. The first-order valence-corrected chi connectivity index (χ1v) is 10.4. The van der Waals surface area contributed by atoms with Crippen molar-refractivity contribution in [1.29, 1.82) is 0 Å². The van der Waals surface area contributed by atoms with Gasteiger partial charge in [-0.05, 0) is 52.3 Å². The lowest BCUT2D eigenvalue weighted by atomic mass is 9.82. The minimum Gasteiger partial charge on any atom is -0.461 e. The molecule has 0 aliphatic carbocycles. The van der Waals surface area contributed by atoms with Crippen molar-refractivity contribution >= 4 is 34.6 Å². The van der Waals surface area contributed by atoms with Gasteiger partial charge in [0.15, 0.2) is 5.69 Å². The number of carbonyl (C=O) groups excluding carboxylic acids is 1. The third-order valence-electron chi connectivity index (χ3n) is 5.28. The fourth-order valence-corrected chi connectivity index (χ4v) is 3.15. The number of aromatic nitrogens is 3. The molecule has 0 radical (unpaired) electrons. The van der Waals surface area contributed by atoms with E-state index in [-0.39, 0.29) is 18.8 Å². The van der Waals surface area contributed by atoms with Crippen LogP contribution in [0.1, 0.15) is 50.7 Å². The average molecular weight is 480 g/mol. The summed E-state index contributed by atoms with van der Waals surface area (Å²) in [5.74, 6) is -0.579. The number of halogens is 2. The molecule has 2 aromatic rings. The Balaban J connectivity index is 1.97. The molecule has 0 amide bonds. The largest absolute Gasteiger partial charge is 0.525 e. The molecule has 7 nitrogen and oxygen atoms in total. The molecule has 1 aromatic heterocycles. The Hall–Kier alpha value is -2.04. The van der Waals surface area contributed by atoms with Crippen LogP contribution in [0.3, 0.4) is 0 Å². The number of nitrogens with zero attached hydrogens (tertiary/aromatic N) is 3. The van der Waals surface area contributed by atoms with Gasteiger partial charge in [0.05, 0.1) is 30.6 Å². The van der Waals surface area contributed by atoms with Gasteiger partial charge in [-0.25, -0.2) is 13.9 Å². The second kappa shape index (κ2) is 8.60. The molecule has 3 rings (SSSR count). The van der Waals surface area contributed by atoms with E-state index in [4.69, 9.17) is 14.0 Å². The third-order valence-corrected chi connectivity index (χ3v) is 5.81. The summed E-state index contributed by atoms with van der Waals surface area (Å²) in [7, 11) is -1.15. The molecule has 30 heavy (non-hydrogen) atoms. The monoisotopic (exact) mass is 479 g/mol. The Morgan fingerprint density at radius 3 is 2.37 bits per heavy atom. The molecule has 0 N–H and O–H groups in total. The van der Waals surface area contributed by atoms with Crippen LogP contribution in [0.5, 0.6) is 0 Å². The summed E-state index contributed by atoms with van der Waals surface area (Å²) in [6, 6.07) is 7.21. The van der Waals surface area contributed by atoms with Crippen LogP contribution >= 0.6 is 15.9 Å². The molecule has 1 aliphatic heterocycles. The van der Waals surface area contributed by atoms with Crippen molar-refractivity contribution in [3.63, 3.8) is 0 Å². The van der Waals surface area contributed by atoms with E-state index in [9.17, 15) is 4.79 Å². The molecule has 2 heterocycles. The van der Waals surface area contributed by atoms with E-state index in [1.165, 1.54) is 10.9 Å². The third kappa shape index (κ3) is 4.65. The Labute approximate surface area is 183 Å². The number of hydrogen-bond donors (Lipinski definition) is 0. The summed E-state index contributed by atoms with van der Waals surface area (Å²) in [4.78, 5) is 11.9. The van der Waals surface area contributed by atoms with E-state index < -0.39 is 30.0 Å². The molecular formula is C20H24BBrFN3O4. The Kier molecular flexibility index (Phi) is 6.50. The zero-order valence-corrected chi connectivity index (χ0v) is 19.2. The van der Waals surface area contributed by atoms with E-state index >= 15 is 4.39 Å². The summed E-state index contributed by atoms with van der Waals surface area (Å²) in [5, 5.41) is 7.76. The highest BCUT2D eigenvalue weighted by Gasteiger charge is 2.53. The van der Waals surface area contributed by atoms with Crippen LogP contribution in [-0.2, 0) is 20.6 Å². The van der Waals surface area contributed by atoms with Gasteiger partial charge < -0.3 is 14.0 Å². The van der Waals surface area contributed by atoms with Crippen LogP contribution in [0.15, 0.2) is 40.7 Å². The quantitative estimate of drug-likeness (QED) is 0.455. The lowest BCUT2D eigenvalue weighted by Crippen LogP contribution is -2.41. The van der Waals surface area contributed by atoms with Gasteiger partial charge in [-0.3, -0.25) is 0 Å². The number of benzene rings is 1. The summed E-state index contributed by atoms with van der Waals surface area (Å²) in [5.41, 5.74) is -0.888. The van der Waals surface area contributed by atoms with Crippen LogP contribution in [-0.4, -0.2) is 45.9 Å². The molecule has 1 aromatic carbocycles. The van der Waals surface area contributed by atoms with E-state index in [2.05, 4.69) is 26.2 Å². The molecular weight excluding hydrogens is 456 g/mol. The molecule has 0 spiro atoms. The molecule has 1 fully saturated rings. The summed E-state index contributed by atoms with van der Waals surface area (Å²) in [6.45, 7) is 9.42. The van der Waals surface area contributed by atoms with E-state index in [0.717, 1.165) is 4.47 Å². The summed E-state index contributed by atoms with van der Waals surface area (Å²) in [6.07, 6.45) is 1.42. The molecule has 10 heteroatoms. The summed E-state index contributed by atoms with van der Waals surface area (Å²) < 4.78 is 34.6. The van der Waals surface area contributed by atoms with Crippen LogP contribution < -0.4 is 0 Å². The first-order valence-electron chi connectivity index (χ1n) is 9.61. The Bertz CT molecular complexity index is 943. The molecule has 1 aliphatic rings. The SMILES string of the molecule is CCOC(=O)c1cn(CC(=C(F)B2OC(C)(C)C(C)(C)O2)c2ccc(Br)cc2)nn1. The zero-order chi connectivity index (χ0) is 22.1. The van der Waals surface area contributed by atoms with Crippen molar-refractivity contribution in [3.8, 4) is 0 Å². The second-order valence-electron chi connectivity index (χ2n) is 7.94. The lowest BCUT2D eigenvalue weighted by Gasteiger charge is -2.32. The number of carbonyl (C=O) groups is 1. The number of allylic oxidation sites excluding steroid dienone is 1. The smallest absolute Gasteiger partial charge is 0.461 e. The standard InChI is InChI=1S/C20H24BBrFN3O4/c1-6-28-18(27)16-12-26(25-24-16)11-15(13-7-9-14(22)10-8-13)17(23)21-29-19(2,3)20(4,5)30-21/h7-10,12H,6,11H2,1-5H3. The highest BCUT2D eigenvalue weighted by atomic mass is 79.9. The van der Waals surface area contributed by atoms with Gasteiger partial charge in [0, 0.05) is 10.0 Å². The van der Waals surface area contributed by atoms with Gasteiger partial charge in [-0.1, -0.05) is 33.3 Å². The highest BCUT2D eigenvalue weighted by molar-refractivity contribution is 9.10. The van der Waals surface area contributed by atoms with Crippen LogP contribution in [0.4, 0.5) is 4.39 Å². The molecule has 160 valence electrons. The molecule has 0 atom stereocenters. The minimum absolute atomic E-state index is 0.0317. The fraction of sp³-hybridized carbons (Fsp3) is 0.450. The maximum absolute atomic E-state index is 15.7. The van der Waals surface area contributed by atoms with Gasteiger partial charge in [0.2, 0.25) is 0 Å². The molecule has 0 saturated carbocycles. The predicted molar refractivity (Wildman–Crippen MR) is 114 cm³/mol. The topological polar surface area (TPSA) is 75.5 Å². The Morgan fingerprint density at radius 2 is 1.80 bits per heavy atom. The first-order chi connectivity index (χ1) is 14.0. The van der Waals surface area contributed by atoms with E-state index in [1.807, 2.05) is 39.8 Å². The van der Waals surface area contributed by atoms with Gasteiger partial charge in [0.25, 0.3) is 0 Å². The molecule has 0 bridgehead atoms. The van der Waals surface area contributed by atoms with Gasteiger partial charge in [0.1, 0.15) is 5.73 Å². The molecule has 0 unspecified atom stereocenters. The maximum atomic E-state index is 15.7. The van der Waals surface area contributed by atoms with Crippen LogP contribution in [0.2, 0.25) is 0 Å². The number of rotatable bonds is 6. The number of esters is 1. The van der Waals surface area contributed by atoms with Crippen molar-refractivity contribution < 1.29 is 23.2 Å². The van der Waals surface area contributed by atoms with Gasteiger partial charge >= 0.3 is 13.1 Å². The number of hydrogen-bond acceptors (Lipinski definition) is 6. The van der Waals surface area contributed by atoms with Crippen molar-refractivity contribution in [2.24, 2.45) is 0 Å². The van der Waals surface area contributed by atoms with Crippen molar-refractivity contribution in [1.82, 2.24) is 15.0 Å². The highest BCUT2D eigenvalue weighted by Crippen LogP contribution is 2.40. The first kappa shape index (κ1) is 22.6. The molecule has 1 saturated heterocycles. The maximum Gasteiger partial charge on any atom is 0.525 e. The minimum atomic E-state index is -1.15. The van der Waals surface area contributed by atoms with Crippen molar-refractivity contribution in [2.75, 3.05) is 6.61 Å². The van der Waals surface area contributed by atoms with Crippen molar-refractivity contribution in [3.05, 3.63) is 51.9 Å². The zero-order valence-electron chi connectivity index (χ0n) is 17.6. The van der Waals surface area contributed by atoms with Crippen LogP contribution in [0.25, 0.3) is 5.57 Å². The van der Waals surface area contributed by atoms with Gasteiger partial charge in [-0.2, -0.15) is 0 Å². The van der Waals surface area contributed by atoms with Gasteiger partial charge in [-0.15, -0.1) is 5.10 Å². The predicted octanol–water partition coefficient (Wildman–Crippen LogP) is 4.23. The van der Waals surface area contributed by atoms with Crippen LogP contribution in [0, 0.1) is 0 Å². The lowest BCUT2D eigenvalue weighted by molar-refractivity contribution is 0.00578.